The van der Waals surface area contributed by atoms with Crippen LogP contribution in [0.4, 0.5) is 4.79 Å². The number of benzene rings is 2. The highest BCUT2D eigenvalue weighted by Gasteiger charge is 2.26. The summed E-state index contributed by atoms with van der Waals surface area (Å²) in [5, 5.41) is 14.6. The van der Waals surface area contributed by atoms with Crippen molar-refractivity contribution in [2.75, 3.05) is 20.3 Å². The maximum Gasteiger partial charge on any atom is 0.413 e. The lowest BCUT2D eigenvalue weighted by atomic mass is 9.96. The highest BCUT2D eigenvalue weighted by atomic mass is 16.6. The SMILES string of the molecule is COc1ccc2[nH]c(C(=O)NCCC3COc4ccc(C(=N)NC(=O)OC(C)(C)C)cc43)cc2c1. The number of hydrogen-bond donors (Lipinski definition) is 4. The second kappa shape index (κ2) is 9.69. The molecular weight excluding hydrogens is 448 g/mol. The van der Waals surface area contributed by atoms with E-state index in [4.69, 9.17) is 19.6 Å². The van der Waals surface area contributed by atoms with E-state index < -0.39 is 11.7 Å². The van der Waals surface area contributed by atoms with Gasteiger partial charge in [-0.15, -0.1) is 0 Å². The number of fused-ring (bicyclic) bond motifs is 2. The zero-order chi connectivity index (χ0) is 25.2. The minimum atomic E-state index is -0.672. The van der Waals surface area contributed by atoms with E-state index in [1.807, 2.05) is 24.3 Å². The molecule has 0 spiro atoms. The predicted molar refractivity (Wildman–Crippen MR) is 133 cm³/mol. The molecule has 9 nitrogen and oxygen atoms in total. The van der Waals surface area contributed by atoms with Crippen LogP contribution in [0.3, 0.4) is 0 Å². The molecule has 2 aromatic carbocycles. The summed E-state index contributed by atoms with van der Waals surface area (Å²) in [5.41, 5.74) is 2.21. The Kier molecular flexibility index (Phi) is 6.68. The van der Waals surface area contributed by atoms with Gasteiger partial charge in [0.2, 0.25) is 0 Å². The molecule has 0 radical (unpaired) electrons. The van der Waals surface area contributed by atoms with Crippen molar-refractivity contribution in [3.8, 4) is 11.5 Å². The fraction of sp³-hybridized carbons (Fsp3) is 0.346. The molecule has 2 amide bonds. The van der Waals surface area contributed by atoms with Crippen LogP contribution in [0.2, 0.25) is 0 Å². The molecular formula is C26H30N4O5. The van der Waals surface area contributed by atoms with Gasteiger partial charge in [-0.2, -0.15) is 0 Å². The average molecular weight is 479 g/mol. The highest BCUT2D eigenvalue weighted by molar-refractivity contribution is 6.04. The van der Waals surface area contributed by atoms with Crippen LogP contribution in [-0.2, 0) is 4.74 Å². The molecule has 0 fully saturated rings. The van der Waals surface area contributed by atoms with Crippen molar-refractivity contribution in [3.05, 3.63) is 59.3 Å². The molecule has 4 rings (SSSR count). The number of nitrogens with one attached hydrogen (secondary N) is 4. The summed E-state index contributed by atoms with van der Waals surface area (Å²) < 4.78 is 16.2. The third kappa shape index (κ3) is 5.74. The van der Waals surface area contributed by atoms with Gasteiger partial charge < -0.3 is 24.5 Å². The van der Waals surface area contributed by atoms with E-state index in [2.05, 4.69) is 15.6 Å². The van der Waals surface area contributed by atoms with Gasteiger partial charge in [-0.1, -0.05) is 0 Å². The Morgan fingerprint density at radius 3 is 2.71 bits per heavy atom. The first-order valence-electron chi connectivity index (χ1n) is 11.4. The van der Waals surface area contributed by atoms with Crippen molar-refractivity contribution in [3.63, 3.8) is 0 Å². The van der Waals surface area contributed by atoms with Gasteiger partial charge in [-0.25, -0.2) is 4.79 Å². The summed E-state index contributed by atoms with van der Waals surface area (Å²) in [6, 6.07) is 12.8. The zero-order valence-electron chi connectivity index (χ0n) is 20.3. The maximum atomic E-state index is 12.6. The number of methoxy groups -OCH3 is 1. The molecule has 0 aliphatic carbocycles. The fourth-order valence-corrected chi connectivity index (χ4v) is 3.97. The molecule has 1 aliphatic heterocycles. The molecule has 1 unspecified atom stereocenters. The molecule has 0 saturated heterocycles. The normalized spacial score (nSPS) is 14.7. The van der Waals surface area contributed by atoms with Gasteiger partial charge in [0.1, 0.15) is 28.6 Å². The second-order valence-electron chi connectivity index (χ2n) is 9.44. The molecule has 2 heterocycles. The molecule has 184 valence electrons. The van der Waals surface area contributed by atoms with Crippen LogP contribution in [0.1, 0.15) is 54.7 Å². The number of hydrogen-bond acceptors (Lipinski definition) is 6. The zero-order valence-corrected chi connectivity index (χ0v) is 20.3. The number of aromatic nitrogens is 1. The van der Waals surface area contributed by atoms with Gasteiger partial charge in [-0.3, -0.25) is 15.5 Å². The van der Waals surface area contributed by atoms with Gasteiger partial charge >= 0.3 is 6.09 Å². The van der Waals surface area contributed by atoms with E-state index in [0.29, 0.717) is 30.8 Å². The number of amides is 2. The molecule has 1 aromatic heterocycles. The fourth-order valence-electron chi connectivity index (χ4n) is 3.97. The molecule has 3 aromatic rings. The van der Waals surface area contributed by atoms with Gasteiger partial charge in [0.05, 0.1) is 13.7 Å². The average Bonchev–Trinajstić information content (AvgIpc) is 3.40. The minimum Gasteiger partial charge on any atom is -0.497 e. The van der Waals surface area contributed by atoms with Gasteiger partial charge in [0.25, 0.3) is 5.91 Å². The highest BCUT2D eigenvalue weighted by Crippen LogP contribution is 2.36. The van der Waals surface area contributed by atoms with Crippen LogP contribution in [0.5, 0.6) is 11.5 Å². The van der Waals surface area contributed by atoms with E-state index in [9.17, 15) is 9.59 Å². The van der Waals surface area contributed by atoms with Gasteiger partial charge in [0, 0.05) is 34.5 Å². The van der Waals surface area contributed by atoms with Crippen molar-refractivity contribution < 1.29 is 23.8 Å². The molecule has 0 bridgehead atoms. The quantitative estimate of drug-likeness (QED) is 0.310. The Labute approximate surface area is 203 Å². The lowest BCUT2D eigenvalue weighted by Gasteiger charge is -2.20. The maximum absolute atomic E-state index is 12.6. The van der Waals surface area contributed by atoms with E-state index in [0.717, 1.165) is 28.0 Å². The largest absolute Gasteiger partial charge is 0.497 e. The van der Waals surface area contributed by atoms with Crippen LogP contribution in [0, 0.1) is 5.41 Å². The summed E-state index contributed by atoms with van der Waals surface area (Å²) in [5.74, 6) is 1.32. The Morgan fingerprint density at radius 2 is 1.97 bits per heavy atom. The summed E-state index contributed by atoms with van der Waals surface area (Å²) in [6.45, 7) is 6.25. The first-order chi connectivity index (χ1) is 16.6. The van der Waals surface area contributed by atoms with Gasteiger partial charge in [0.15, 0.2) is 0 Å². The predicted octanol–water partition coefficient (Wildman–Crippen LogP) is 4.32. The van der Waals surface area contributed by atoms with Gasteiger partial charge in [-0.05, 0) is 69.7 Å². The van der Waals surface area contributed by atoms with Crippen LogP contribution in [-0.4, -0.2) is 48.7 Å². The van der Waals surface area contributed by atoms with Crippen molar-refractivity contribution in [1.82, 2.24) is 15.6 Å². The van der Waals surface area contributed by atoms with Crippen LogP contribution >= 0.6 is 0 Å². The van der Waals surface area contributed by atoms with Crippen LogP contribution in [0.25, 0.3) is 10.9 Å². The van der Waals surface area contributed by atoms with Crippen LogP contribution in [0.15, 0.2) is 42.5 Å². The monoisotopic (exact) mass is 478 g/mol. The number of amidine groups is 1. The second-order valence-corrected chi connectivity index (χ2v) is 9.44. The topological polar surface area (TPSA) is 126 Å². The number of carbonyl (C=O) groups is 2. The summed E-state index contributed by atoms with van der Waals surface area (Å²) in [7, 11) is 1.61. The van der Waals surface area contributed by atoms with E-state index in [1.165, 1.54) is 0 Å². The molecule has 9 heteroatoms. The lowest BCUT2D eigenvalue weighted by Crippen LogP contribution is -2.36. The van der Waals surface area contributed by atoms with E-state index in [1.54, 1.807) is 46.1 Å². The minimum absolute atomic E-state index is 0.0450. The van der Waals surface area contributed by atoms with Crippen molar-refractivity contribution in [2.45, 2.75) is 38.7 Å². The number of alkyl carbamates (subject to hydrolysis) is 1. The summed E-state index contributed by atoms with van der Waals surface area (Å²) in [6.07, 6.45) is -0.00257. The molecule has 1 atom stereocenters. The number of ether oxygens (including phenoxy) is 3. The molecule has 4 N–H and O–H groups in total. The third-order valence-electron chi connectivity index (χ3n) is 5.66. The van der Waals surface area contributed by atoms with Crippen molar-refractivity contribution in [1.29, 1.82) is 5.41 Å². The lowest BCUT2D eigenvalue weighted by molar-refractivity contribution is 0.0563. The number of carbonyl (C=O) groups excluding carboxylic acids is 2. The first kappa shape index (κ1) is 24.1. The molecule has 1 aliphatic rings. The number of H-pyrrole nitrogens is 1. The Balaban J connectivity index is 1.35. The van der Waals surface area contributed by atoms with Crippen molar-refractivity contribution >= 4 is 28.7 Å². The third-order valence-corrected chi connectivity index (χ3v) is 5.66. The van der Waals surface area contributed by atoms with Crippen LogP contribution < -0.4 is 20.1 Å². The summed E-state index contributed by atoms with van der Waals surface area (Å²) in [4.78, 5) is 27.8. The Bertz CT molecular complexity index is 1270. The number of aromatic amines is 1. The smallest absolute Gasteiger partial charge is 0.413 e. The Hall–Kier alpha value is -4.01. The first-order valence-corrected chi connectivity index (χ1v) is 11.4. The summed E-state index contributed by atoms with van der Waals surface area (Å²) >= 11 is 0. The number of rotatable bonds is 6. The van der Waals surface area contributed by atoms with E-state index in [-0.39, 0.29) is 17.7 Å². The Morgan fingerprint density at radius 1 is 1.17 bits per heavy atom. The van der Waals surface area contributed by atoms with Crippen molar-refractivity contribution in [2.24, 2.45) is 0 Å². The standard InChI is InChI=1S/C26H30N4O5/c1-26(2,3)35-25(32)30-23(27)15-5-8-22-19(12-15)16(14-34-22)9-10-28-24(31)21-13-17-11-18(33-4)6-7-20(17)29-21/h5-8,11-13,16,29H,9-10,14H2,1-4H3,(H,28,31)(H2,27,30,32). The van der Waals surface area contributed by atoms with E-state index >= 15 is 0 Å². The molecule has 35 heavy (non-hydrogen) atoms. The molecule has 0 saturated carbocycles.